The third-order valence-electron chi connectivity index (χ3n) is 5.64. The number of nitrogens with zero attached hydrogens (tertiary/aromatic N) is 3. The summed E-state index contributed by atoms with van der Waals surface area (Å²) in [7, 11) is 0. The molecule has 0 bridgehead atoms. The molecule has 3 heterocycles. The van der Waals surface area contributed by atoms with E-state index in [2.05, 4.69) is 28.6 Å². The molecule has 2 aliphatic heterocycles. The smallest absolute Gasteiger partial charge is 0.149 e. The second-order valence-corrected chi connectivity index (χ2v) is 7.83. The van der Waals surface area contributed by atoms with Crippen LogP contribution in [0.1, 0.15) is 32.4 Å². The summed E-state index contributed by atoms with van der Waals surface area (Å²) in [4.78, 5) is 9.61. The number of piperidine rings is 1. The van der Waals surface area contributed by atoms with E-state index in [1.165, 1.54) is 18.9 Å². The van der Waals surface area contributed by atoms with Crippen molar-refractivity contribution in [2.45, 2.75) is 51.5 Å². The zero-order valence-corrected chi connectivity index (χ0v) is 15.7. The van der Waals surface area contributed by atoms with Gasteiger partial charge in [-0.3, -0.25) is 9.80 Å². The van der Waals surface area contributed by atoms with Crippen LogP contribution >= 0.6 is 0 Å². The van der Waals surface area contributed by atoms with Crippen molar-refractivity contribution in [3.8, 4) is 0 Å². The van der Waals surface area contributed by atoms with E-state index in [4.69, 9.17) is 4.74 Å². The molecule has 1 aromatic carbocycles. The minimum Gasteiger partial charge on any atom is -0.373 e. The molecule has 2 fully saturated rings. The van der Waals surface area contributed by atoms with E-state index < -0.39 is 0 Å². The third kappa shape index (κ3) is 3.90. The van der Waals surface area contributed by atoms with Gasteiger partial charge in [-0.25, -0.2) is 9.37 Å². The monoisotopic (exact) mass is 357 g/mol. The molecule has 0 radical (unpaired) electrons. The number of morpholine rings is 1. The van der Waals surface area contributed by atoms with Crippen LogP contribution in [0.25, 0.3) is 10.9 Å². The van der Waals surface area contributed by atoms with Crippen LogP contribution in [0.4, 0.5) is 4.39 Å². The van der Waals surface area contributed by atoms with Gasteiger partial charge in [-0.1, -0.05) is 18.2 Å². The Morgan fingerprint density at radius 3 is 2.54 bits per heavy atom. The summed E-state index contributed by atoms with van der Waals surface area (Å²) >= 11 is 0. The first-order valence-corrected chi connectivity index (χ1v) is 9.74. The summed E-state index contributed by atoms with van der Waals surface area (Å²) in [6.07, 6.45) is 3.02. The van der Waals surface area contributed by atoms with Crippen LogP contribution < -0.4 is 0 Å². The summed E-state index contributed by atoms with van der Waals surface area (Å²) in [6, 6.07) is 9.78. The number of hydrogen-bond donors (Lipinski definition) is 0. The molecule has 26 heavy (non-hydrogen) atoms. The molecule has 0 spiro atoms. The van der Waals surface area contributed by atoms with Gasteiger partial charge in [0.15, 0.2) is 0 Å². The quantitative estimate of drug-likeness (QED) is 0.841. The van der Waals surface area contributed by atoms with Crippen LogP contribution in [0.5, 0.6) is 0 Å². The fraction of sp³-hybridized carbons (Fsp3) is 0.571. The van der Waals surface area contributed by atoms with Gasteiger partial charge in [0.25, 0.3) is 0 Å². The first-order chi connectivity index (χ1) is 12.6. The lowest BCUT2D eigenvalue weighted by molar-refractivity contribution is -0.0866. The first-order valence-electron chi connectivity index (χ1n) is 9.74. The maximum absolute atomic E-state index is 14.0. The van der Waals surface area contributed by atoms with Crippen molar-refractivity contribution in [3.05, 3.63) is 41.8 Å². The molecule has 0 N–H and O–H groups in total. The van der Waals surface area contributed by atoms with E-state index in [9.17, 15) is 4.39 Å². The van der Waals surface area contributed by atoms with Gasteiger partial charge in [0.1, 0.15) is 11.3 Å². The molecule has 2 saturated heterocycles. The largest absolute Gasteiger partial charge is 0.373 e. The highest BCUT2D eigenvalue weighted by Gasteiger charge is 2.30. The van der Waals surface area contributed by atoms with Crippen molar-refractivity contribution < 1.29 is 9.13 Å². The third-order valence-corrected chi connectivity index (χ3v) is 5.64. The number of pyridine rings is 1. The number of fused-ring (bicyclic) bond motifs is 1. The molecule has 0 saturated carbocycles. The highest BCUT2D eigenvalue weighted by Crippen LogP contribution is 2.23. The number of halogens is 1. The standard InChI is InChI=1S/C21H28FN3O/c1-15-12-25(13-16(2)26-15)19-8-10-24(11-9-19)14-18-7-6-17-4-3-5-20(22)21(17)23-18/h3-7,15-16,19H,8-14H2,1-2H3/t15-,16+. The molecule has 4 rings (SSSR count). The van der Waals surface area contributed by atoms with Crippen LogP contribution in [-0.4, -0.2) is 59.2 Å². The van der Waals surface area contributed by atoms with Crippen molar-refractivity contribution in [2.75, 3.05) is 26.2 Å². The molecule has 0 aliphatic carbocycles. The van der Waals surface area contributed by atoms with E-state index >= 15 is 0 Å². The highest BCUT2D eigenvalue weighted by molar-refractivity contribution is 5.79. The van der Waals surface area contributed by atoms with Crippen LogP contribution in [0, 0.1) is 5.82 Å². The predicted octanol–water partition coefficient (Wildman–Crippen LogP) is 3.45. The molecular formula is C21H28FN3O. The fourth-order valence-electron chi connectivity index (χ4n) is 4.43. The Kier molecular flexibility index (Phi) is 5.20. The van der Waals surface area contributed by atoms with E-state index in [0.29, 0.717) is 23.8 Å². The van der Waals surface area contributed by atoms with Gasteiger partial charge >= 0.3 is 0 Å². The van der Waals surface area contributed by atoms with Crippen LogP contribution in [0.15, 0.2) is 30.3 Å². The number of para-hydroxylation sites is 1. The molecule has 2 aliphatic rings. The Bertz CT molecular complexity index is 750. The Hall–Kier alpha value is -1.56. The van der Waals surface area contributed by atoms with Crippen LogP contribution in [0.3, 0.4) is 0 Å². The number of aromatic nitrogens is 1. The number of benzene rings is 1. The molecule has 5 heteroatoms. The summed E-state index contributed by atoms with van der Waals surface area (Å²) in [6.45, 7) is 9.36. The molecule has 0 amide bonds. The van der Waals surface area contributed by atoms with Crippen molar-refractivity contribution in [1.29, 1.82) is 0 Å². The second kappa shape index (κ2) is 7.59. The molecule has 1 aromatic heterocycles. The summed E-state index contributed by atoms with van der Waals surface area (Å²) in [5.41, 5.74) is 1.44. The number of ether oxygens (including phenoxy) is 1. The Labute approximate surface area is 154 Å². The van der Waals surface area contributed by atoms with Crippen molar-refractivity contribution in [1.82, 2.24) is 14.8 Å². The van der Waals surface area contributed by atoms with Gasteiger partial charge in [-0.05, 0) is 38.8 Å². The zero-order chi connectivity index (χ0) is 18.1. The molecule has 0 unspecified atom stereocenters. The number of rotatable bonds is 3. The second-order valence-electron chi connectivity index (χ2n) is 7.83. The topological polar surface area (TPSA) is 28.6 Å². The minimum atomic E-state index is -0.237. The Balaban J connectivity index is 1.36. The maximum atomic E-state index is 14.0. The maximum Gasteiger partial charge on any atom is 0.149 e. The summed E-state index contributed by atoms with van der Waals surface area (Å²) in [5, 5.41) is 0.864. The van der Waals surface area contributed by atoms with Gasteiger partial charge in [-0.15, -0.1) is 0 Å². The molecule has 2 atom stereocenters. The lowest BCUT2D eigenvalue weighted by Gasteiger charge is -2.43. The minimum absolute atomic E-state index is 0.237. The van der Waals surface area contributed by atoms with E-state index in [1.807, 2.05) is 18.2 Å². The van der Waals surface area contributed by atoms with E-state index in [0.717, 1.165) is 43.8 Å². The first kappa shape index (κ1) is 17.8. The van der Waals surface area contributed by atoms with Crippen molar-refractivity contribution in [2.24, 2.45) is 0 Å². The SMILES string of the molecule is C[C@@H]1CN(C2CCN(Cc3ccc4cccc(F)c4n3)CC2)C[C@H](C)O1. The molecule has 4 nitrogen and oxygen atoms in total. The van der Waals surface area contributed by atoms with Crippen LogP contribution in [0.2, 0.25) is 0 Å². The number of likely N-dealkylation sites (tertiary alicyclic amines) is 1. The zero-order valence-electron chi connectivity index (χ0n) is 15.7. The van der Waals surface area contributed by atoms with Gasteiger partial charge in [-0.2, -0.15) is 0 Å². The van der Waals surface area contributed by atoms with E-state index in [1.54, 1.807) is 6.07 Å². The Morgan fingerprint density at radius 2 is 1.81 bits per heavy atom. The average molecular weight is 357 g/mol. The fourth-order valence-corrected chi connectivity index (χ4v) is 4.43. The lowest BCUT2D eigenvalue weighted by atomic mass is 10.0. The average Bonchev–Trinajstić information content (AvgIpc) is 2.62. The molecular weight excluding hydrogens is 329 g/mol. The van der Waals surface area contributed by atoms with Gasteiger partial charge in [0.2, 0.25) is 0 Å². The Morgan fingerprint density at radius 1 is 1.08 bits per heavy atom. The summed E-state index contributed by atoms with van der Waals surface area (Å²) < 4.78 is 19.8. The molecule has 2 aromatic rings. The predicted molar refractivity (Wildman–Crippen MR) is 102 cm³/mol. The molecule has 140 valence electrons. The highest BCUT2D eigenvalue weighted by atomic mass is 19.1. The van der Waals surface area contributed by atoms with Gasteiger partial charge in [0, 0.05) is 44.2 Å². The van der Waals surface area contributed by atoms with Crippen LogP contribution in [-0.2, 0) is 11.3 Å². The lowest BCUT2D eigenvalue weighted by Crippen LogP contribution is -2.53. The normalized spacial score (nSPS) is 26.4. The van der Waals surface area contributed by atoms with Gasteiger partial charge in [0.05, 0.1) is 17.9 Å². The number of hydrogen-bond acceptors (Lipinski definition) is 4. The van der Waals surface area contributed by atoms with E-state index in [-0.39, 0.29) is 5.82 Å². The van der Waals surface area contributed by atoms with Crippen molar-refractivity contribution >= 4 is 10.9 Å². The van der Waals surface area contributed by atoms with Crippen molar-refractivity contribution in [3.63, 3.8) is 0 Å². The summed E-state index contributed by atoms with van der Waals surface area (Å²) in [5.74, 6) is -0.237. The van der Waals surface area contributed by atoms with Gasteiger partial charge < -0.3 is 4.74 Å².